The van der Waals surface area contributed by atoms with E-state index in [0.717, 1.165) is 22.4 Å². The molecule has 1 heterocycles. The molecule has 0 aliphatic carbocycles. The van der Waals surface area contributed by atoms with Gasteiger partial charge in [0.05, 0.1) is 19.6 Å². The third kappa shape index (κ3) is 4.50. The van der Waals surface area contributed by atoms with Crippen molar-refractivity contribution in [2.45, 2.75) is 25.0 Å². The summed E-state index contributed by atoms with van der Waals surface area (Å²) < 4.78 is 16.2. The number of halogens is 2. The average Bonchev–Trinajstić information content (AvgIpc) is 2.79. The van der Waals surface area contributed by atoms with Crippen LogP contribution in [0.15, 0.2) is 66.7 Å². The minimum Gasteiger partial charge on any atom is -0.497 e. The molecule has 0 radical (unpaired) electrons. The minimum absolute atomic E-state index is 0.219. The molecule has 3 unspecified atom stereocenters. The van der Waals surface area contributed by atoms with Crippen LogP contribution in [0.3, 0.4) is 0 Å². The number of ether oxygens (including phenoxy) is 3. The molecule has 5 nitrogen and oxygen atoms in total. The van der Waals surface area contributed by atoms with E-state index in [1.54, 1.807) is 26.2 Å². The van der Waals surface area contributed by atoms with Gasteiger partial charge in [-0.3, -0.25) is 0 Å². The highest BCUT2D eigenvalue weighted by Crippen LogP contribution is 2.51. The molecule has 0 amide bonds. The van der Waals surface area contributed by atoms with E-state index in [9.17, 15) is 4.79 Å². The van der Waals surface area contributed by atoms with E-state index in [0.29, 0.717) is 15.7 Å². The molecule has 4 rings (SSSR count). The lowest BCUT2D eigenvalue weighted by Gasteiger charge is -2.41. The molecule has 1 N–H and O–H groups in total. The van der Waals surface area contributed by atoms with E-state index in [1.807, 2.05) is 54.6 Å². The van der Waals surface area contributed by atoms with Crippen LogP contribution in [-0.4, -0.2) is 26.1 Å². The SMILES string of the molecule is CCOC(=O)OC1Nc2cc(Cl)cc(Cl)c2C(c2ccc(OC)cc2)C1c1ccccc1. The highest BCUT2D eigenvalue weighted by atomic mass is 35.5. The van der Waals surface area contributed by atoms with Crippen molar-refractivity contribution in [1.82, 2.24) is 0 Å². The number of rotatable bonds is 5. The number of fused-ring (bicyclic) bond motifs is 1. The minimum atomic E-state index is -0.740. The number of benzene rings is 3. The van der Waals surface area contributed by atoms with Crippen LogP contribution in [0.1, 0.15) is 35.4 Å². The zero-order valence-corrected chi connectivity index (χ0v) is 19.2. The molecule has 3 aromatic carbocycles. The normalized spacial score (nSPS) is 19.4. The van der Waals surface area contributed by atoms with Crippen molar-refractivity contribution in [2.75, 3.05) is 19.0 Å². The van der Waals surface area contributed by atoms with Crippen LogP contribution in [0.4, 0.5) is 10.5 Å². The van der Waals surface area contributed by atoms with Gasteiger partial charge in [-0.25, -0.2) is 4.79 Å². The van der Waals surface area contributed by atoms with Crippen molar-refractivity contribution in [3.63, 3.8) is 0 Å². The van der Waals surface area contributed by atoms with E-state index in [2.05, 4.69) is 5.32 Å². The van der Waals surface area contributed by atoms with Crippen molar-refractivity contribution in [1.29, 1.82) is 0 Å². The number of carbonyl (C=O) groups is 1. The Morgan fingerprint density at radius 2 is 1.72 bits per heavy atom. The third-order valence-corrected chi connectivity index (χ3v) is 6.06. The molecule has 3 atom stereocenters. The van der Waals surface area contributed by atoms with E-state index < -0.39 is 12.4 Å². The topological polar surface area (TPSA) is 56.8 Å². The highest BCUT2D eigenvalue weighted by molar-refractivity contribution is 6.35. The van der Waals surface area contributed by atoms with Crippen molar-refractivity contribution >= 4 is 35.0 Å². The van der Waals surface area contributed by atoms with Crippen molar-refractivity contribution in [3.8, 4) is 5.75 Å². The molecule has 0 saturated heterocycles. The van der Waals surface area contributed by atoms with Crippen LogP contribution in [0.5, 0.6) is 5.75 Å². The first-order valence-electron chi connectivity index (χ1n) is 10.3. The molecule has 1 aliphatic heterocycles. The molecule has 0 fully saturated rings. The van der Waals surface area contributed by atoms with E-state index in [4.69, 9.17) is 37.4 Å². The molecular formula is C25H23Cl2NO4. The molecule has 0 aromatic heterocycles. The number of hydrogen-bond donors (Lipinski definition) is 1. The zero-order chi connectivity index (χ0) is 22.7. The van der Waals surface area contributed by atoms with Crippen LogP contribution in [-0.2, 0) is 9.47 Å². The maximum atomic E-state index is 12.3. The first kappa shape index (κ1) is 22.3. The summed E-state index contributed by atoms with van der Waals surface area (Å²) >= 11 is 13.0. The largest absolute Gasteiger partial charge is 0.510 e. The fourth-order valence-corrected chi connectivity index (χ4v) is 4.81. The van der Waals surface area contributed by atoms with E-state index >= 15 is 0 Å². The Labute approximate surface area is 197 Å². The molecule has 1 aliphatic rings. The summed E-state index contributed by atoms with van der Waals surface area (Å²) in [4.78, 5) is 12.3. The second-order valence-corrected chi connectivity index (χ2v) is 8.25. The molecule has 0 spiro atoms. The van der Waals surface area contributed by atoms with Crippen molar-refractivity contribution in [3.05, 3.63) is 93.5 Å². The van der Waals surface area contributed by atoms with Crippen LogP contribution in [0.2, 0.25) is 10.0 Å². The summed E-state index contributed by atoms with van der Waals surface area (Å²) in [6, 6.07) is 21.2. The predicted octanol–water partition coefficient (Wildman–Crippen LogP) is 6.84. The predicted molar refractivity (Wildman–Crippen MR) is 126 cm³/mol. The molecule has 7 heteroatoms. The van der Waals surface area contributed by atoms with Gasteiger partial charge in [-0.15, -0.1) is 0 Å². The molecule has 0 saturated carbocycles. The number of methoxy groups -OCH3 is 1. The maximum Gasteiger partial charge on any atom is 0.510 e. The van der Waals surface area contributed by atoms with Crippen LogP contribution in [0, 0.1) is 0 Å². The number of anilines is 1. The summed E-state index contributed by atoms with van der Waals surface area (Å²) in [7, 11) is 1.63. The Morgan fingerprint density at radius 3 is 2.38 bits per heavy atom. The van der Waals surface area contributed by atoms with Gasteiger partial charge in [0, 0.05) is 27.2 Å². The van der Waals surface area contributed by atoms with Gasteiger partial charge in [-0.05, 0) is 42.3 Å². The standard InChI is InChI=1S/C25H23Cl2NO4/c1-3-31-25(29)32-24-22(15-7-5-4-6-8-15)21(16-9-11-18(30-2)12-10-16)23-19(27)13-17(26)14-20(23)28-24/h4-14,21-22,24,28H,3H2,1-2H3. The van der Waals surface area contributed by atoms with Gasteiger partial charge in [0.1, 0.15) is 5.75 Å². The van der Waals surface area contributed by atoms with Gasteiger partial charge in [0.25, 0.3) is 0 Å². The van der Waals surface area contributed by atoms with Crippen LogP contribution in [0.25, 0.3) is 0 Å². The van der Waals surface area contributed by atoms with Gasteiger partial charge < -0.3 is 19.5 Å². The first-order chi connectivity index (χ1) is 15.5. The summed E-state index contributed by atoms with van der Waals surface area (Å²) in [5, 5.41) is 4.35. The molecule has 3 aromatic rings. The summed E-state index contributed by atoms with van der Waals surface area (Å²) in [5.74, 6) is 0.254. The molecule has 0 bridgehead atoms. The van der Waals surface area contributed by atoms with Gasteiger partial charge in [0.15, 0.2) is 6.23 Å². The van der Waals surface area contributed by atoms with Crippen molar-refractivity contribution in [2.24, 2.45) is 0 Å². The Bertz CT molecular complexity index is 1090. The summed E-state index contributed by atoms with van der Waals surface area (Å²) in [6.07, 6.45) is -1.44. The second kappa shape index (κ2) is 9.72. The molecule has 32 heavy (non-hydrogen) atoms. The van der Waals surface area contributed by atoms with E-state index in [-0.39, 0.29) is 18.4 Å². The lowest BCUT2D eigenvalue weighted by Crippen LogP contribution is -2.40. The average molecular weight is 472 g/mol. The maximum absolute atomic E-state index is 12.3. The molecular weight excluding hydrogens is 449 g/mol. The van der Waals surface area contributed by atoms with Gasteiger partial charge in [-0.1, -0.05) is 65.7 Å². The first-order valence-corrected chi connectivity index (χ1v) is 11.0. The highest BCUT2D eigenvalue weighted by Gasteiger charge is 2.42. The summed E-state index contributed by atoms with van der Waals surface area (Å²) in [6.45, 7) is 1.96. The summed E-state index contributed by atoms with van der Waals surface area (Å²) in [5.41, 5.74) is 3.60. The van der Waals surface area contributed by atoms with Gasteiger partial charge >= 0.3 is 6.16 Å². The van der Waals surface area contributed by atoms with Crippen molar-refractivity contribution < 1.29 is 19.0 Å². The quantitative estimate of drug-likeness (QED) is 0.412. The Hall–Kier alpha value is -2.89. The lowest BCUT2D eigenvalue weighted by molar-refractivity contribution is 0.0230. The zero-order valence-electron chi connectivity index (χ0n) is 17.7. The lowest BCUT2D eigenvalue weighted by atomic mass is 9.73. The fraction of sp³-hybridized carbons (Fsp3) is 0.240. The fourth-order valence-electron chi connectivity index (χ4n) is 4.20. The number of carbonyl (C=O) groups excluding carboxylic acids is 1. The van der Waals surface area contributed by atoms with Gasteiger partial charge in [0.2, 0.25) is 0 Å². The van der Waals surface area contributed by atoms with Gasteiger partial charge in [-0.2, -0.15) is 0 Å². The van der Waals surface area contributed by atoms with E-state index in [1.165, 1.54) is 0 Å². The van der Waals surface area contributed by atoms with Crippen LogP contribution < -0.4 is 10.1 Å². The molecule has 166 valence electrons. The monoisotopic (exact) mass is 471 g/mol. The second-order valence-electron chi connectivity index (χ2n) is 7.40. The van der Waals surface area contributed by atoms with Crippen LogP contribution >= 0.6 is 23.2 Å². The third-order valence-electron chi connectivity index (χ3n) is 5.53. The Balaban J connectivity index is 1.90. The smallest absolute Gasteiger partial charge is 0.497 e. The Morgan fingerprint density at radius 1 is 1.00 bits per heavy atom. The number of nitrogens with one attached hydrogen (secondary N) is 1. The Kier molecular flexibility index (Phi) is 6.77. The number of hydrogen-bond acceptors (Lipinski definition) is 5.